The lowest BCUT2D eigenvalue weighted by molar-refractivity contribution is 0.101. The van der Waals surface area contributed by atoms with Gasteiger partial charge in [-0.2, -0.15) is 4.98 Å². The Bertz CT molecular complexity index is 611. The molecule has 0 bridgehead atoms. The molecule has 0 radical (unpaired) electrons. The zero-order valence-electron chi connectivity index (χ0n) is 10.7. The third-order valence-electron chi connectivity index (χ3n) is 3.58. The number of nitrogens with two attached hydrogens (primary N) is 1. The van der Waals surface area contributed by atoms with Crippen LogP contribution in [0.4, 0.5) is 0 Å². The molecule has 2 N–H and O–H groups in total. The van der Waals surface area contributed by atoms with Crippen molar-refractivity contribution in [3.63, 3.8) is 0 Å². The Morgan fingerprint density at radius 2 is 2.21 bits per heavy atom. The molecular formula is C13H15N3O2S. The summed E-state index contributed by atoms with van der Waals surface area (Å²) < 4.78 is 5.28. The van der Waals surface area contributed by atoms with Gasteiger partial charge in [0.1, 0.15) is 0 Å². The first-order chi connectivity index (χ1) is 9.08. The van der Waals surface area contributed by atoms with Gasteiger partial charge in [-0.3, -0.25) is 4.79 Å². The molecule has 0 aromatic carbocycles. The van der Waals surface area contributed by atoms with E-state index in [1.807, 2.05) is 0 Å². The van der Waals surface area contributed by atoms with E-state index in [0.29, 0.717) is 17.3 Å². The SMILES string of the molecule is CC(=O)c1csc(-c2nc(C3(N)CCCC3)no2)c1. The maximum absolute atomic E-state index is 11.3. The molecule has 0 atom stereocenters. The first-order valence-electron chi connectivity index (χ1n) is 6.31. The number of Topliss-reactive ketones (excluding diaryl/α,β-unsaturated/α-hetero) is 1. The molecule has 1 fully saturated rings. The topological polar surface area (TPSA) is 82.0 Å². The van der Waals surface area contributed by atoms with Crippen LogP contribution in [0.1, 0.15) is 48.8 Å². The molecule has 1 saturated carbocycles. The summed E-state index contributed by atoms with van der Waals surface area (Å²) in [7, 11) is 0. The minimum Gasteiger partial charge on any atom is -0.333 e. The number of hydrogen-bond donors (Lipinski definition) is 1. The second-order valence-electron chi connectivity index (χ2n) is 5.04. The van der Waals surface area contributed by atoms with Crippen molar-refractivity contribution in [2.24, 2.45) is 5.73 Å². The molecule has 0 saturated heterocycles. The average Bonchev–Trinajstić information content (AvgIpc) is 3.08. The lowest BCUT2D eigenvalue weighted by Gasteiger charge is -2.17. The van der Waals surface area contributed by atoms with Crippen LogP contribution in [0, 0.1) is 0 Å². The minimum atomic E-state index is -0.442. The average molecular weight is 277 g/mol. The molecule has 19 heavy (non-hydrogen) atoms. The zero-order chi connectivity index (χ0) is 13.5. The van der Waals surface area contributed by atoms with E-state index >= 15 is 0 Å². The third kappa shape index (κ3) is 2.21. The molecule has 0 amide bonds. The van der Waals surface area contributed by atoms with Gasteiger partial charge in [0.2, 0.25) is 0 Å². The minimum absolute atomic E-state index is 0.0355. The number of thiophene rings is 1. The van der Waals surface area contributed by atoms with Gasteiger partial charge in [0, 0.05) is 10.9 Å². The Morgan fingerprint density at radius 3 is 2.84 bits per heavy atom. The molecular weight excluding hydrogens is 262 g/mol. The summed E-state index contributed by atoms with van der Waals surface area (Å²) in [6.45, 7) is 1.54. The van der Waals surface area contributed by atoms with Crippen molar-refractivity contribution in [3.8, 4) is 10.8 Å². The molecule has 3 rings (SSSR count). The van der Waals surface area contributed by atoms with Gasteiger partial charge in [0.15, 0.2) is 11.6 Å². The van der Waals surface area contributed by atoms with Crippen LogP contribution in [0.5, 0.6) is 0 Å². The molecule has 2 aromatic rings. The van der Waals surface area contributed by atoms with Gasteiger partial charge in [0.05, 0.1) is 10.4 Å². The molecule has 1 aliphatic rings. The van der Waals surface area contributed by atoms with Gasteiger partial charge in [0.25, 0.3) is 5.89 Å². The van der Waals surface area contributed by atoms with Gasteiger partial charge in [-0.25, -0.2) is 0 Å². The molecule has 2 aromatic heterocycles. The smallest absolute Gasteiger partial charge is 0.268 e. The highest BCUT2D eigenvalue weighted by Crippen LogP contribution is 2.36. The van der Waals surface area contributed by atoms with Crippen molar-refractivity contribution in [2.75, 3.05) is 0 Å². The predicted octanol–water partition coefficient (Wildman–Crippen LogP) is 2.73. The molecule has 100 valence electrons. The molecule has 0 spiro atoms. The largest absolute Gasteiger partial charge is 0.333 e. The maximum Gasteiger partial charge on any atom is 0.268 e. The third-order valence-corrected chi connectivity index (χ3v) is 4.50. The van der Waals surface area contributed by atoms with Crippen LogP contribution in [0.25, 0.3) is 10.8 Å². The molecule has 1 aliphatic carbocycles. The van der Waals surface area contributed by atoms with Gasteiger partial charge >= 0.3 is 0 Å². The van der Waals surface area contributed by atoms with Gasteiger partial charge in [-0.05, 0) is 25.8 Å². The van der Waals surface area contributed by atoms with Crippen molar-refractivity contribution in [1.82, 2.24) is 10.1 Å². The first-order valence-corrected chi connectivity index (χ1v) is 7.19. The highest BCUT2D eigenvalue weighted by molar-refractivity contribution is 7.13. The molecule has 6 heteroatoms. The number of ketones is 1. The number of hydrogen-bond acceptors (Lipinski definition) is 6. The Balaban J connectivity index is 1.90. The van der Waals surface area contributed by atoms with Crippen molar-refractivity contribution < 1.29 is 9.32 Å². The maximum atomic E-state index is 11.3. The van der Waals surface area contributed by atoms with Crippen LogP contribution in [-0.2, 0) is 5.54 Å². The fraction of sp³-hybridized carbons (Fsp3) is 0.462. The van der Waals surface area contributed by atoms with Crippen molar-refractivity contribution in [2.45, 2.75) is 38.1 Å². The summed E-state index contributed by atoms with van der Waals surface area (Å²) in [4.78, 5) is 16.5. The Labute approximate surface area is 114 Å². The first kappa shape index (κ1) is 12.5. The van der Waals surface area contributed by atoms with Crippen LogP contribution in [-0.4, -0.2) is 15.9 Å². The Kier molecular flexibility index (Phi) is 2.99. The van der Waals surface area contributed by atoms with E-state index < -0.39 is 5.54 Å². The van der Waals surface area contributed by atoms with E-state index in [1.165, 1.54) is 11.3 Å². The van der Waals surface area contributed by atoms with Crippen molar-refractivity contribution >= 4 is 17.1 Å². The van der Waals surface area contributed by atoms with Crippen LogP contribution < -0.4 is 5.73 Å². The number of aromatic nitrogens is 2. The van der Waals surface area contributed by atoms with E-state index in [1.54, 1.807) is 18.4 Å². The zero-order valence-corrected chi connectivity index (χ0v) is 11.5. The van der Waals surface area contributed by atoms with Crippen LogP contribution in [0.2, 0.25) is 0 Å². The quantitative estimate of drug-likeness (QED) is 0.872. The summed E-state index contributed by atoms with van der Waals surface area (Å²) in [5, 5.41) is 5.81. The highest BCUT2D eigenvalue weighted by Gasteiger charge is 2.36. The summed E-state index contributed by atoms with van der Waals surface area (Å²) >= 11 is 1.43. The number of carbonyl (C=O) groups is 1. The van der Waals surface area contributed by atoms with E-state index in [9.17, 15) is 4.79 Å². The van der Waals surface area contributed by atoms with Crippen molar-refractivity contribution in [3.05, 3.63) is 22.8 Å². The molecule has 2 heterocycles. The van der Waals surface area contributed by atoms with Gasteiger partial charge < -0.3 is 10.3 Å². The highest BCUT2D eigenvalue weighted by atomic mass is 32.1. The Morgan fingerprint density at radius 1 is 1.47 bits per heavy atom. The van der Waals surface area contributed by atoms with E-state index in [2.05, 4.69) is 10.1 Å². The summed E-state index contributed by atoms with van der Waals surface area (Å²) in [5.41, 5.74) is 6.52. The Hall–Kier alpha value is -1.53. The van der Waals surface area contributed by atoms with E-state index in [-0.39, 0.29) is 5.78 Å². The molecule has 0 unspecified atom stereocenters. The summed E-state index contributed by atoms with van der Waals surface area (Å²) in [5.74, 6) is 1.07. The predicted molar refractivity (Wildman–Crippen MR) is 71.9 cm³/mol. The normalized spacial score (nSPS) is 17.8. The lowest BCUT2D eigenvalue weighted by Crippen LogP contribution is -2.34. The monoisotopic (exact) mass is 277 g/mol. The molecule has 5 nitrogen and oxygen atoms in total. The van der Waals surface area contributed by atoms with Crippen LogP contribution in [0.3, 0.4) is 0 Å². The van der Waals surface area contributed by atoms with Gasteiger partial charge in [-0.1, -0.05) is 18.0 Å². The summed E-state index contributed by atoms with van der Waals surface area (Å²) in [6.07, 6.45) is 4.01. The standard InChI is InChI=1S/C13H15N3O2S/c1-8(17)9-6-10(19-7-9)11-15-12(16-18-11)13(14)4-2-3-5-13/h6-7H,2-5,14H2,1H3. The second-order valence-corrected chi connectivity index (χ2v) is 5.95. The fourth-order valence-corrected chi connectivity index (χ4v) is 3.25. The van der Waals surface area contributed by atoms with E-state index in [4.69, 9.17) is 10.3 Å². The molecule has 0 aliphatic heterocycles. The second kappa shape index (κ2) is 4.54. The van der Waals surface area contributed by atoms with Crippen LogP contribution in [0.15, 0.2) is 16.0 Å². The summed E-state index contributed by atoms with van der Waals surface area (Å²) in [6, 6.07) is 1.78. The number of nitrogens with zero attached hydrogens (tertiary/aromatic N) is 2. The lowest BCUT2D eigenvalue weighted by atomic mass is 9.99. The fourth-order valence-electron chi connectivity index (χ4n) is 2.39. The number of rotatable bonds is 3. The van der Waals surface area contributed by atoms with Gasteiger partial charge in [-0.15, -0.1) is 11.3 Å². The van der Waals surface area contributed by atoms with Crippen molar-refractivity contribution in [1.29, 1.82) is 0 Å². The number of carbonyl (C=O) groups excluding carboxylic acids is 1. The van der Waals surface area contributed by atoms with Crippen LogP contribution >= 0.6 is 11.3 Å². The van der Waals surface area contributed by atoms with E-state index in [0.717, 1.165) is 30.6 Å².